The summed E-state index contributed by atoms with van der Waals surface area (Å²) in [4.78, 5) is 0. The second kappa shape index (κ2) is 8.81. The van der Waals surface area contributed by atoms with Crippen LogP contribution in [0.1, 0.15) is 11.1 Å². The summed E-state index contributed by atoms with van der Waals surface area (Å²) in [5.74, 6) is 0. The molecule has 134 valence electrons. The minimum absolute atomic E-state index is 0.212. The maximum absolute atomic E-state index is 13.5. The van der Waals surface area contributed by atoms with Crippen molar-refractivity contribution in [3.8, 4) is 0 Å². The Morgan fingerprint density at radius 1 is 0.692 bits per heavy atom. The number of para-hydroxylation sites is 1. The molecule has 0 radical (unpaired) electrons. The number of anilines is 1. The van der Waals surface area contributed by atoms with E-state index in [4.69, 9.17) is 9.05 Å². The molecule has 26 heavy (non-hydrogen) atoms. The van der Waals surface area contributed by atoms with Gasteiger partial charge in [-0.2, -0.15) is 0 Å². The summed E-state index contributed by atoms with van der Waals surface area (Å²) in [7, 11) is -1.80. The summed E-state index contributed by atoms with van der Waals surface area (Å²) in [6.07, 6.45) is 0. The van der Waals surface area contributed by atoms with Crippen molar-refractivity contribution in [1.82, 2.24) is 0 Å². The quantitative estimate of drug-likeness (QED) is 0.481. The average molecular weight is 367 g/mol. The van der Waals surface area contributed by atoms with Crippen molar-refractivity contribution in [2.45, 2.75) is 13.2 Å². The van der Waals surface area contributed by atoms with Crippen molar-refractivity contribution < 1.29 is 13.6 Å². The molecule has 0 amide bonds. The van der Waals surface area contributed by atoms with Crippen molar-refractivity contribution >= 4 is 13.4 Å². The molecule has 3 rings (SSSR count). The lowest BCUT2D eigenvalue weighted by atomic mass is 10.2. The first-order chi connectivity index (χ1) is 12.7. The van der Waals surface area contributed by atoms with Crippen LogP contribution in [0.5, 0.6) is 0 Å². The van der Waals surface area contributed by atoms with Gasteiger partial charge in [0.05, 0.1) is 13.2 Å². The number of nitrogens with zero attached hydrogens (tertiary/aromatic N) is 1. The zero-order chi connectivity index (χ0) is 18.2. The highest BCUT2D eigenvalue weighted by Crippen LogP contribution is 2.54. The zero-order valence-corrected chi connectivity index (χ0v) is 15.6. The van der Waals surface area contributed by atoms with Crippen LogP contribution in [0, 0.1) is 0 Å². The van der Waals surface area contributed by atoms with E-state index in [0.29, 0.717) is 0 Å². The fourth-order valence-electron chi connectivity index (χ4n) is 2.46. The first kappa shape index (κ1) is 18.4. The third kappa shape index (κ3) is 4.83. The van der Waals surface area contributed by atoms with Gasteiger partial charge in [-0.3, -0.25) is 13.7 Å². The van der Waals surface area contributed by atoms with Crippen LogP contribution in [0.25, 0.3) is 0 Å². The molecule has 5 heteroatoms. The lowest BCUT2D eigenvalue weighted by Crippen LogP contribution is -2.17. The Morgan fingerprint density at radius 2 is 1.08 bits per heavy atom. The van der Waals surface area contributed by atoms with E-state index < -0.39 is 7.75 Å². The van der Waals surface area contributed by atoms with Gasteiger partial charge in [-0.25, -0.2) is 4.57 Å². The Balaban J connectivity index is 1.78. The highest BCUT2D eigenvalue weighted by molar-refractivity contribution is 7.55. The molecular weight excluding hydrogens is 345 g/mol. The highest BCUT2D eigenvalue weighted by Gasteiger charge is 2.31. The van der Waals surface area contributed by atoms with Crippen LogP contribution < -0.4 is 4.67 Å². The Hall–Kier alpha value is -2.39. The molecule has 0 aliphatic heterocycles. The fourth-order valence-corrected chi connectivity index (χ4v) is 3.92. The molecule has 0 bridgehead atoms. The Bertz CT molecular complexity index is 793. The number of hydrogen-bond acceptors (Lipinski definition) is 3. The zero-order valence-electron chi connectivity index (χ0n) is 14.7. The summed E-state index contributed by atoms with van der Waals surface area (Å²) < 4.78 is 26.7. The van der Waals surface area contributed by atoms with Gasteiger partial charge in [-0.15, -0.1) is 0 Å². The van der Waals surface area contributed by atoms with Gasteiger partial charge < -0.3 is 0 Å². The van der Waals surface area contributed by atoms with Crippen LogP contribution >= 0.6 is 7.75 Å². The maximum atomic E-state index is 13.5. The van der Waals surface area contributed by atoms with Crippen LogP contribution in [-0.4, -0.2) is 7.05 Å². The molecule has 3 aromatic rings. The summed E-state index contributed by atoms with van der Waals surface area (Å²) in [6.45, 7) is 0.425. The van der Waals surface area contributed by atoms with Gasteiger partial charge in [0.25, 0.3) is 0 Å². The third-order valence-electron chi connectivity index (χ3n) is 3.97. The monoisotopic (exact) mass is 367 g/mol. The average Bonchev–Trinajstić information content (AvgIpc) is 2.72. The number of rotatable bonds is 8. The smallest absolute Gasteiger partial charge is 0.287 e. The molecule has 0 N–H and O–H groups in total. The van der Waals surface area contributed by atoms with Crippen molar-refractivity contribution in [3.05, 3.63) is 102 Å². The van der Waals surface area contributed by atoms with E-state index in [1.54, 1.807) is 11.7 Å². The van der Waals surface area contributed by atoms with Gasteiger partial charge in [0.1, 0.15) is 0 Å². The fraction of sp³-hybridized carbons (Fsp3) is 0.143. The van der Waals surface area contributed by atoms with Crippen molar-refractivity contribution in [1.29, 1.82) is 0 Å². The molecule has 0 saturated carbocycles. The molecule has 0 aliphatic rings. The largest absolute Gasteiger partial charge is 0.435 e. The minimum Gasteiger partial charge on any atom is -0.287 e. The lowest BCUT2D eigenvalue weighted by Gasteiger charge is -2.28. The standard InChI is InChI=1S/C21H22NO3P/c1-22(21-15-9-4-10-16-21)26(23,24-17-19-11-5-2-6-12-19)25-18-20-13-7-3-8-14-20/h2-16H,17-18H2,1H3. The second-order valence-electron chi connectivity index (χ2n) is 5.85. The van der Waals surface area contributed by atoms with Gasteiger partial charge in [0.15, 0.2) is 0 Å². The van der Waals surface area contributed by atoms with E-state index in [-0.39, 0.29) is 13.2 Å². The summed E-state index contributed by atoms with van der Waals surface area (Å²) in [5, 5.41) is 0. The first-order valence-electron chi connectivity index (χ1n) is 8.44. The number of benzene rings is 3. The molecule has 4 nitrogen and oxygen atoms in total. The van der Waals surface area contributed by atoms with Gasteiger partial charge in [-0.05, 0) is 23.3 Å². The summed E-state index contributed by atoms with van der Waals surface area (Å²) >= 11 is 0. The van der Waals surface area contributed by atoms with E-state index in [9.17, 15) is 4.57 Å². The van der Waals surface area contributed by atoms with Gasteiger partial charge >= 0.3 is 7.75 Å². The molecule has 0 aliphatic carbocycles. The van der Waals surface area contributed by atoms with Crippen LogP contribution in [0.3, 0.4) is 0 Å². The summed E-state index contributed by atoms with van der Waals surface area (Å²) in [6, 6.07) is 28.8. The molecule has 0 unspecified atom stereocenters. The van der Waals surface area contributed by atoms with Crippen molar-refractivity contribution in [2.24, 2.45) is 0 Å². The molecule has 0 atom stereocenters. The maximum Gasteiger partial charge on any atom is 0.435 e. The van der Waals surface area contributed by atoms with Gasteiger partial charge in [-0.1, -0.05) is 78.9 Å². The van der Waals surface area contributed by atoms with E-state index in [1.807, 2.05) is 91.0 Å². The Morgan fingerprint density at radius 3 is 1.50 bits per heavy atom. The van der Waals surface area contributed by atoms with Gasteiger partial charge in [0.2, 0.25) is 0 Å². The molecule has 0 spiro atoms. The normalized spacial score (nSPS) is 11.3. The first-order valence-corrected chi connectivity index (χ1v) is 9.93. The molecule has 0 heterocycles. The van der Waals surface area contributed by atoms with E-state index in [0.717, 1.165) is 16.8 Å². The topological polar surface area (TPSA) is 38.8 Å². The van der Waals surface area contributed by atoms with Crippen LogP contribution in [0.15, 0.2) is 91.0 Å². The van der Waals surface area contributed by atoms with Crippen molar-refractivity contribution in [3.63, 3.8) is 0 Å². The second-order valence-corrected chi connectivity index (χ2v) is 7.90. The van der Waals surface area contributed by atoms with Crippen molar-refractivity contribution in [2.75, 3.05) is 11.7 Å². The molecule has 3 aromatic carbocycles. The Labute approximate surface area is 154 Å². The predicted octanol–water partition coefficient (Wildman–Crippen LogP) is 5.66. The minimum atomic E-state index is -3.53. The number of hydrogen-bond donors (Lipinski definition) is 0. The van der Waals surface area contributed by atoms with Crippen LogP contribution in [0.4, 0.5) is 5.69 Å². The SMILES string of the molecule is CN(c1ccccc1)P(=O)(OCc1ccccc1)OCc1ccccc1. The third-order valence-corrected chi connectivity index (χ3v) is 5.85. The molecule has 0 aromatic heterocycles. The van der Waals surface area contributed by atoms with Crippen LogP contribution in [-0.2, 0) is 26.8 Å². The van der Waals surface area contributed by atoms with E-state index >= 15 is 0 Å². The Kier molecular flexibility index (Phi) is 6.24. The van der Waals surface area contributed by atoms with Crippen LogP contribution in [0.2, 0.25) is 0 Å². The molecule has 0 fully saturated rings. The molecule has 0 saturated heterocycles. The predicted molar refractivity (Wildman–Crippen MR) is 105 cm³/mol. The van der Waals surface area contributed by atoms with Gasteiger partial charge in [0, 0.05) is 12.7 Å². The highest BCUT2D eigenvalue weighted by atomic mass is 31.2. The molecular formula is C21H22NO3P. The summed E-state index contributed by atoms with van der Waals surface area (Å²) in [5.41, 5.74) is 2.66. The van der Waals surface area contributed by atoms with E-state index in [2.05, 4.69) is 0 Å². The lowest BCUT2D eigenvalue weighted by molar-refractivity contribution is 0.190. The van der Waals surface area contributed by atoms with E-state index in [1.165, 1.54) is 0 Å².